The molecule has 4 aromatic rings. The van der Waals surface area contributed by atoms with E-state index >= 15 is 0 Å². The Morgan fingerprint density at radius 1 is 1.13 bits per heavy atom. The minimum atomic E-state index is -0.523. The first-order valence-electron chi connectivity index (χ1n) is 9.15. The fraction of sp³-hybridized carbons (Fsp3) is 0.0909. The Kier molecular flexibility index (Phi) is 5.85. The molecule has 0 bridgehead atoms. The van der Waals surface area contributed by atoms with Crippen LogP contribution in [0.4, 0.5) is 10.1 Å². The Morgan fingerprint density at radius 3 is 2.73 bits per heavy atom. The lowest BCUT2D eigenvalue weighted by Crippen LogP contribution is -2.28. The predicted molar refractivity (Wildman–Crippen MR) is 115 cm³/mol. The largest absolute Gasteiger partial charge is 0.325 e. The topological polar surface area (TPSA) is 76.9 Å². The average Bonchev–Trinajstić information content (AvgIpc) is 2.76. The van der Waals surface area contributed by atoms with Crippen LogP contribution in [0, 0.1) is 5.82 Å². The summed E-state index contributed by atoms with van der Waals surface area (Å²) in [6.07, 6.45) is 4.87. The number of carbonyl (C=O) groups excluding carboxylic acids is 1. The van der Waals surface area contributed by atoms with Crippen LogP contribution in [0.25, 0.3) is 10.9 Å². The Hall–Kier alpha value is -3.52. The number of hydrogen-bond donors (Lipinski definition) is 1. The highest BCUT2D eigenvalue weighted by Crippen LogP contribution is 2.24. The van der Waals surface area contributed by atoms with Gasteiger partial charge in [0.05, 0.1) is 17.2 Å². The molecule has 0 radical (unpaired) electrons. The zero-order chi connectivity index (χ0) is 20.9. The van der Waals surface area contributed by atoms with Gasteiger partial charge in [0.2, 0.25) is 5.91 Å². The first-order valence-corrected chi connectivity index (χ1v) is 10.1. The molecule has 1 N–H and O–H groups in total. The van der Waals surface area contributed by atoms with Gasteiger partial charge in [0.25, 0.3) is 5.56 Å². The molecule has 6 nitrogen and oxygen atoms in total. The van der Waals surface area contributed by atoms with E-state index in [2.05, 4.69) is 15.3 Å². The van der Waals surface area contributed by atoms with Gasteiger partial charge >= 0.3 is 0 Å². The highest BCUT2D eigenvalue weighted by molar-refractivity contribution is 7.98. The van der Waals surface area contributed by atoms with Crippen LogP contribution in [-0.2, 0) is 17.1 Å². The first kappa shape index (κ1) is 19.8. The number of amides is 1. The number of benzene rings is 2. The lowest BCUT2D eigenvalue weighted by Gasteiger charge is -2.09. The van der Waals surface area contributed by atoms with Gasteiger partial charge in [0, 0.05) is 28.7 Å². The van der Waals surface area contributed by atoms with Gasteiger partial charge in [-0.25, -0.2) is 9.37 Å². The average molecular weight is 420 g/mol. The van der Waals surface area contributed by atoms with Crippen LogP contribution in [0.5, 0.6) is 0 Å². The van der Waals surface area contributed by atoms with Crippen LogP contribution in [0.15, 0.2) is 83.0 Å². The zero-order valence-electron chi connectivity index (χ0n) is 15.8. The molecule has 8 heteroatoms. The highest BCUT2D eigenvalue weighted by Gasteiger charge is 2.09. The lowest BCUT2D eigenvalue weighted by molar-refractivity contribution is -0.116. The minimum absolute atomic E-state index is 0.139. The molecule has 0 atom stereocenters. The lowest BCUT2D eigenvalue weighted by atomic mass is 10.2. The molecular weight excluding hydrogens is 403 g/mol. The molecule has 2 aromatic carbocycles. The Balaban J connectivity index is 1.39. The third-order valence-corrected chi connectivity index (χ3v) is 5.45. The van der Waals surface area contributed by atoms with E-state index in [1.165, 1.54) is 18.5 Å². The molecule has 0 fully saturated rings. The molecule has 0 aliphatic carbocycles. The van der Waals surface area contributed by atoms with Crippen LogP contribution in [-0.4, -0.2) is 20.4 Å². The third kappa shape index (κ3) is 4.72. The summed E-state index contributed by atoms with van der Waals surface area (Å²) in [6, 6.07) is 15.2. The fourth-order valence-electron chi connectivity index (χ4n) is 2.88. The molecule has 0 unspecified atom stereocenters. The molecular formula is C22H17FN4O2S. The summed E-state index contributed by atoms with van der Waals surface area (Å²) in [5, 5.41) is 2.90. The number of rotatable bonds is 6. The van der Waals surface area contributed by atoms with Gasteiger partial charge in [-0.05, 0) is 54.1 Å². The van der Waals surface area contributed by atoms with Gasteiger partial charge in [-0.2, -0.15) is 0 Å². The van der Waals surface area contributed by atoms with Crippen molar-refractivity contribution in [2.24, 2.45) is 0 Å². The molecule has 150 valence electrons. The van der Waals surface area contributed by atoms with Crippen molar-refractivity contribution < 1.29 is 9.18 Å². The van der Waals surface area contributed by atoms with Crippen molar-refractivity contribution in [3.63, 3.8) is 0 Å². The molecule has 1 amide bonds. The minimum Gasteiger partial charge on any atom is -0.325 e. The van der Waals surface area contributed by atoms with E-state index in [1.54, 1.807) is 30.1 Å². The van der Waals surface area contributed by atoms with Crippen LogP contribution in [0.1, 0.15) is 5.56 Å². The van der Waals surface area contributed by atoms with Gasteiger partial charge in [-0.3, -0.25) is 19.1 Å². The normalized spacial score (nSPS) is 10.8. The van der Waals surface area contributed by atoms with E-state index in [1.807, 2.05) is 30.5 Å². The van der Waals surface area contributed by atoms with Crippen LogP contribution in [0.3, 0.4) is 0 Å². The quantitative estimate of drug-likeness (QED) is 0.480. The first-order chi connectivity index (χ1) is 14.6. The van der Waals surface area contributed by atoms with Crippen molar-refractivity contribution in [2.45, 2.75) is 17.2 Å². The molecule has 4 rings (SSSR count). The molecule has 2 aromatic heterocycles. The highest BCUT2D eigenvalue weighted by atomic mass is 32.2. The third-order valence-electron chi connectivity index (χ3n) is 4.37. The molecule has 0 saturated heterocycles. The van der Waals surface area contributed by atoms with Gasteiger partial charge in [-0.1, -0.05) is 6.07 Å². The number of carbonyl (C=O) groups is 1. The van der Waals surface area contributed by atoms with E-state index < -0.39 is 11.4 Å². The Bertz CT molecular complexity index is 1240. The molecule has 0 aliphatic heterocycles. The van der Waals surface area contributed by atoms with Crippen molar-refractivity contribution in [3.05, 3.63) is 95.1 Å². The smallest absolute Gasteiger partial charge is 0.261 e. The van der Waals surface area contributed by atoms with E-state index in [4.69, 9.17) is 0 Å². The number of nitrogens with zero attached hydrogens (tertiary/aromatic N) is 3. The number of fused-ring (bicyclic) bond motifs is 1. The predicted octanol–water partition coefficient (Wildman–Crippen LogP) is 3.86. The maximum absolute atomic E-state index is 13.4. The molecule has 30 heavy (non-hydrogen) atoms. The zero-order valence-corrected chi connectivity index (χ0v) is 16.6. The van der Waals surface area contributed by atoms with Gasteiger partial charge in [0.1, 0.15) is 12.4 Å². The molecule has 0 spiro atoms. The summed E-state index contributed by atoms with van der Waals surface area (Å²) < 4.78 is 14.6. The second-order valence-corrected chi connectivity index (χ2v) is 7.61. The second-order valence-electron chi connectivity index (χ2n) is 6.56. The van der Waals surface area contributed by atoms with E-state index in [0.29, 0.717) is 11.2 Å². The van der Waals surface area contributed by atoms with Crippen molar-refractivity contribution in [1.29, 1.82) is 0 Å². The van der Waals surface area contributed by atoms with Crippen LogP contribution in [0.2, 0.25) is 0 Å². The van der Waals surface area contributed by atoms with Crippen molar-refractivity contribution in [3.8, 4) is 0 Å². The summed E-state index contributed by atoms with van der Waals surface area (Å²) in [5.74, 6) is -0.0895. The van der Waals surface area contributed by atoms with E-state index in [0.717, 1.165) is 26.8 Å². The van der Waals surface area contributed by atoms with Crippen LogP contribution >= 0.6 is 11.8 Å². The number of aromatic nitrogens is 3. The number of anilines is 1. The van der Waals surface area contributed by atoms with Crippen molar-refractivity contribution >= 4 is 34.3 Å². The number of nitrogens with one attached hydrogen (secondary N) is 1. The van der Waals surface area contributed by atoms with Gasteiger partial charge in [-0.15, -0.1) is 11.8 Å². The SMILES string of the molecule is O=C(Cn1cnc2ccc(F)cc2c1=O)Nc1ccc(SCc2cccnc2)cc1. The maximum atomic E-state index is 13.4. The maximum Gasteiger partial charge on any atom is 0.261 e. The summed E-state index contributed by atoms with van der Waals surface area (Å²) in [7, 11) is 0. The summed E-state index contributed by atoms with van der Waals surface area (Å²) in [5.41, 5.74) is 1.68. The van der Waals surface area contributed by atoms with Gasteiger partial charge < -0.3 is 5.32 Å². The Labute approximate surface area is 175 Å². The number of pyridine rings is 1. The summed E-state index contributed by atoms with van der Waals surface area (Å²) >= 11 is 1.67. The number of thioether (sulfide) groups is 1. The Morgan fingerprint density at radius 2 is 1.97 bits per heavy atom. The number of hydrogen-bond acceptors (Lipinski definition) is 5. The van der Waals surface area contributed by atoms with Crippen LogP contribution < -0.4 is 10.9 Å². The molecule has 0 aliphatic rings. The summed E-state index contributed by atoms with van der Waals surface area (Å²) in [4.78, 5) is 34.1. The number of halogens is 1. The van der Waals surface area contributed by atoms with E-state index in [-0.39, 0.29) is 17.8 Å². The standard InChI is InChI=1S/C22H17FN4O2S/c23-16-3-8-20-19(10-16)22(29)27(14-25-20)12-21(28)26-17-4-6-18(7-5-17)30-13-15-2-1-9-24-11-15/h1-11,14H,12-13H2,(H,26,28). The van der Waals surface area contributed by atoms with E-state index in [9.17, 15) is 14.0 Å². The second kappa shape index (κ2) is 8.87. The summed E-state index contributed by atoms with van der Waals surface area (Å²) in [6.45, 7) is -0.213. The molecule has 0 saturated carbocycles. The fourth-order valence-corrected chi connectivity index (χ4v) is 3.72. The van der Waals surface area contributed by atoms with Crippen molar-refractivity contribution in [1.82, 2.24) is 14.5 Å². The monoisotopic (exact) mass is 420 g/mol. The van der Waals surface area contributed by atoms with Gasteiger partial charge in [0.15, 0.2) is 0 Å². The molecule has 2 heterocycles. The van der Waals surface area contributed by atoms with Crippen molar-refractivity contribution in [2.75, 3.05) is 5.32 Å².